The van der Waals surface area contributed by atoms with Crippen LogP contribution in [0.4, 0.5) is 4.39 Å². The number of fused-ring (bicyclic) bond motifs is 1. The highest BCUT2D eigenvalue weighted by atomic mass is 19.1. The molecule has 0 aliphatic heterocycles. The Morgan fingerprint density at radius 3 is 2.24 bits per heavy atom. The van der Waals surface area contributed by atoms with Crippen molar-refractivity contribution in [2.75, 3.05) is 0 Å². The summed E-state index contributed by atoms with van der Waals surface area (Å²) in [4.78, 5) is 4.59. The maximum atomic E-state index is 14.0. The summed E-state index contributed by atoms with van der Waals surface area (Å²) in [5, 5.41) is 4.55. The van der Waals surface area contributed by atoms with E-state index in [1.807, 2.05) is 69.3 Å². The second-order valence-corrected chi connectivity index (χ2v) is 5.44. The van der Waals surface area contributed by atoms with Gasteiger partial charge in [-0.1, -0.05) is 62.4 Å². The van der Waals surface area contributed by atoms with E-state index in [0.29, 0.717) is 17.0 Å². The van der Waals surface area contributed by atoms with Crippen molar-refractivity contribution in [3.63, 3.8) is 0 Å². The van der Waals surface area contributed by atoms with Crippen molar-refractivity contribution in [1.29, 1.82) is 0 Å². The number of rotatable bonds is 2. The average molecular weight is 333 g/mol. The van der Waals surface area contributed by atoms with Gasteiger partial charge in [-0.2, -0.15) is 0 Å². The molecule has 2 aromatic carbocycles. The highest BCUT2D eigenvalue weighted by Gasteiger charge is 2.11. The first-order valence-electron chi connectivity index (χ1n) is 8.40. The molecule has 0 N–H and O–H groups in total. The van der Waals surface area contributed by atoms with E-state index in [1.165, 1.54) is 6.07 Å². The summed E-state index contributed by atoms with van der Waals surface area (Å²) in [7, 11) is 0. The fourth-order valence-electron chi connectivity index (χ4n) is 2.70. The third-order valence-electron chi connectivity index (χ3n) is 3.83. The van der Waals surface area contributed by atoms with Gasteiger partial charge in [0.2, 0.25) is 0 Å². The topological polar surface area (TPSA) is 30.2 Å². The average Bonchev–Trinajstić information content (AvgIpc) is 3.09. The molecular formula is C21H20FN3. The van der Waals surface area contributed by atoms with Crippen LogP contribution in [0.5, 0.6) is 0 Å². The second kappa shape index (κ2) is 7.26. The van der Waals surface area contributed by atoms with E-state index in [1.54, 1.807) is 16.6 Å². The van der Waals surface area contributed by atoms with Crippen LogP contribution in [0.15, 0.2) is 66.7 Å². The summed E-state index contributed by atoms with van der Waals surface area (Å²) in [6.07, 6.45) is 0. The lowest BCUT2D eigenvalue weighted by molar-refractivity contribution is 0.631. The van der Waals surface area contributed by atoms with Gasteiger partial charge in [-0.05, 0) is 30.7 Å². The monoisotopic (exact) mass is 333 g/mol. The molecule has 0 saturated heterocycles. The predicted octanol–water partition coefficient (Wildman–Crippen LogP) is 5.54. The van der Waals surface area contributed by atoms with Crippen molar-refractivity contribution in [3.8, 4) is 22.5 Å². The van der Waals surface area contributed by atoms with Gasteiger partial charge in [0, 0.05) is 16.8 Å². The number of aromatic nitrogens is 3. The Labute approximate surface area is 146 Å². The van der Waals surface area contributed by atoms with Gasteiger partial charge in [0.05, 0.1) is 0 Å². The summed E-state index contributed by atoms with van der Waals surface area (Å²) in [6.45, 7) is 5.95. The van der Waals surface area contributed by atoms with Gasteiger partial charge >= 0.3 is 0 Å². The summed E-state index contributed by atoms with van der Waals surface area (Å²) in [5.74, 6) is 0.429. The zero-order valence-corrected chi connectivity index (χ0v) is 14.6. The van der Waals surface area contributed by atoms with Crippen molar-refractivity contribution in [2.45, 2.75) is 20.8 Å². The van der Waals surface area contributed by atoms with Crippen LogP contribution in [0.25, 0.3) is 28.2 Å². The highest BCUT2D eigenvalue weighted by Crippen LogP contribution is 2.26. The molecule has 0 amide bonds. The minimum atomic E-state index is -0.237. The lowest BCUT2D eigenvalue weighted by atomic mass is 10.1. The number of nitrogens with zero attached hydrogens (tertiary/aromatic N) is 3. The van der Waals surface area contributed by atoms with Gasteiger partial charge in [0.25, 0.3) is 0 Å². The van der Waals surface area contributed by atoms with Crippen LogP contribution in [0.3, 0.4) is 0 Å². The van der Waals surface area contributed by atoms with Gasteiger partial charge in [-0.3, -0.25) is 0 Å². The van der Waals surface area contributed by atoms with Crippen LogP contribution in [0.1, 0.15) is 19.5 Å². The van der Waals surface area contributed by atoms with Crippen molar-refractivity contribution in [1.82, 2.24) is 14.6 Å². The highest BCUT2D eigenvalue weighted by molar-refractivity contribution is 5.70. The number of hydrogen-bond acceptors (Lipinski definition) is 2. The first kappa shape index (κ1) is 16.8. The molecule has 4 rings (SSSR count). The molecular weight excluding hydrogens is 313 g/mol. The van der Waals surface area contributed by atoms with Gasteiger partial charge in [0.1, 0.15) is 5.82 Å². The second-order valence-electron chi connectivity index (χ2n) is 5.44. The molecule has 2 aromatic heterocycles. The molecule has 0 aliphatic rings. The molecule has 3 nitrogen and oxygen atoms in total. The van der Waals surface area contributed by atoms with Crippen LogP contribution in [-0.4, -0.2) is 14.6 Å². The summed E-state index contributed by atoms with van der Waals surface area (Å²) < 4.78 is 15.8. The fourth-order valence-corrected chi connectivity index (χ4v) is 2.70. The molecule has 126 valence electrons. The number of hydrogen-bond donors (Lipinski definition) is 0. The minimum absolute atomic E-state index is 0.237. The van der Waals surface area contributed by atoms with E-state index in [4.69, 9.17) is 0 Å². The third-order valence-corrected chi connectivity index (χ3v) is 3.83. The van der Waals surface area contributed by atoms with Crippen molar-refractivity contribution in [3.05, 3.63) is 78.2 Å². The van der Waals surface area contributed by atoms with Crippen LogP contribution in [0.2, 0.25) is 0 Å². The van der Waals surface area contributed by atoms with Crippen LogP contribution in [-0.2, 0) is 0 Å². The van der Waals surface area contributed by atoms with Crippen molar-refractivity contribution < 1.29 is 4.39 Å². The van der Waals surface area contributed by atoms with Gasteiger partial charge < -0.3 is 0 Å². The first-order chi connectivity index (χ1) is 12.2. The van der Waals surface area contributed by atoms with E-state index in [9.17, 15) is 4.39 Å². The lowest BCUT2D eigenvalue weighted by Crippen LogP contribution is -1.95. The molecule has 0 unspecified atom stereocenters. The molecule has 0 bridgehead atoms. The van der Waals surface area contributed by atoms with E-state index >= 15 is 0 Å². The lowest BCUT2D eigenvalue weighted by Gasteiger charge is -2.05. The van der Waals surface area contributed by atoms with E-state index < -0.39 is 0 Å². The zero-order chi connectivity index (χ0) is 17.8. The van der Waals surface area contributed by atoms with E-state index in [2.05, 4.69) is 10.1 Å². The number of halogens is 1. The van der Waals surface area contributed by atoms with E-state index in [-0.39, 0.29) is 5.82 Å². The Balaban J connectivity index is 0.000000880. The zero-order valence-electron chi connectivity index (χ0n) is 14.6. The van der Waals surface area contributed by atoms with Crippen LogP contribution >= 0.6 is 0 Å². The fraction of sp³-hybridized carbons (Fsp3) is 0.143. The Bertz CT molecular complexity index is 991. The molecule has 2 heterocycles. The molecule has 0 spiro atoms. The Hall–Kier alpha value is -3.01. The third kappa shape index (κ3) is 3.29. The molecule has 0 fully saturated rings. The summed E-state index contributed by atoms with van der Waals surface area (Å²) in [5.41, 5.74) is 3.96. The standard InChI is InChI=1S/C19H14FN3.C2H6/c1-13-11-15(16-9-5-6-10-17(16)20)12-18-21-19(22-23(13)18)14-7-3-2-4-8-14;1-2/h2-12H,1H3;1-2H3. The molecule has 4 heteroatoms. The number of aryl methyl sites for hydroxylation is 1. The molecule has 25 heavy (non-hydrogen) atoms. The van der Waals surface area contributed by atoms with E-state index in [0.717, 1.165) is 16.8 Å². The number of benzene rings is 2. The Morgan fingerprint density at radius 2 is 1.52 bits per heavy atom. The molecule has 0 aliphatic carbocycles. The minimum Gasteiger partial charge on any atom is -0.218 e. The first-order valence-corrected chi connectivity index (χ1v) is 8.40. The van der Waals surface area contributed by atoms with Gasteiger partial charge in [-0.15, -0.1) is 5.10 Å². The molecule has 0 saturated carbocycles. The summed E-state index contributed by atoms with van der Waals surface area (Å²) >= 11 is 0. The predicted molar refractivity (Wildman–Crippen MR) is 99.9 cm³/mol. The van der Waals surface area contributed by atoms with Crippen LogP contribution < -0.4 is 0 Å². The number of pyridine rings is 1. The maximum Gasteiger partial charge on any atom is 0.182 e. The largest absolute Gasteiger partial charge is 0.218 e. The summed E-state index contributed by atoms with van der Waals surface area (Å²) in [6, 6.07) is 20.4. The quantitative estimate of drug-likeness (QED) is 0.482. The maximum absolute atomic E-state index is 14.0. The SMILES string of the molecule is CC.Cc1cc(-c2ccccc2F)cc2nc(-c3ccccc3)nn12. The van der Waals surface area contributed by atoms with Gasteiger partial charge in [-0.25, -0.2) is 13.9 Å². The smallest absolute Gasteiger partial charge is 0.182 e. The van der Waals surface area contributed by atoms with Gasteiger partial charge in [0.15, 0.2) is 11.5 Å². The Morgan fingerprint density at radius 1 is 0.840 bits per heavy atom. The molecule has 0 atom stereocenters. The molecule has 4 aromatic rings. The van der Waals surface area contributed by atoms with Crippen molar-refractivity contribution in [2.24, 2.45) is 0 Å². The van der Waals surface area contributed by atoms with Crippen LogP contribution in [0, 0.1) is 12.7 Å². The molecule has 0 radical (unpaired) electrons. The Kier molecular flexibility index (Phi) is 4.89. The normalized spacial score (nSPS) is 10.4. The van der Waals surface area contributed by atoms with Crippen molar-refractivity contribution >= 4 is 5.65 Å².